The minimum Gasteiger partial charge on any atom is -0.496 e. The number of rotatable bonds is 11. The van der Waals surface area contributed by atoms with Crippen LogP contribution < -0.4 is 20.5 Å². The Labute approximate surface area is 233 Å². The number of nitrogens with zero attached hydrogens (tertiary/aromatic N) is 3. The van der Waals surface area contributed by atoms with Crippen LogP contribution in [0.15, 0.2) is 48.7 Å². The summed E-state index contributed by atoms with van der Waals surface area (Å²) in [5.41, 5.74) is 9.59. The van der Waals surface area contributed by atoms with E-state index in [4.69, 9.17) is 29.4 Å². The van der Waals surface area contributed by atoms with E-state index in [2.05, 4.69) is 15.3 Å². The molecule has 0 spiro atoms. The first kappa shape index (κ1) is 27.6. The average Bonchev–Trinajstić information content (AvgIpc) is 2.95. The molecule has 2 aliphatic heterocycles. The molecule has 3 aromatic rings. The number of hydrogen-bond acceptors (Lipinski definition) is 10. The maximum atomic E-state index is 13.0. The van der Waals surface area contributed by atoms with Crippen LogP contribution in [0.1, 0.15) is 23.2 Å². The van der Waals surface area contributed by atoms with Gasteiger partial charge in [-0.15, -0.1) is 0 Å². The molecule has 0 atom stereocenters. The molecule has 0 bridgehead atoms. The van der Waals surface area contributed by atoms with E-state index in [1.807, 2.05) is 24.3 Å². The number of nitrogen functional groups attached to an aromatic ring is 1. The summed E-state index contributed by atoms with van der Waals surface area (Å²) in [5, 5.41) is 3.20. The lowest BCUT2D eigenvalue weighted by Crippen LogP contribution is -2.55. The molecule has 0 saturated carbocycles. The highest BCUT2D eigenvalue weighted by molar-refractivity contribution is 5.98. The van der Waals surface area contributed by atoms with E-state index in [1.54, 1.807) is 43.5 Å². The molecule has 1 amide bonds. The maximum absolute atomic E-state index is 13.0. The topological polar surface area (TPSA) is 130 Å². The number of nitrogens with two attached hydrogens (primary N) is 1. The van der Waals surface area contributed by atoms with Gasteiger partial charge >= 0.3 is 0 Å². The average molecular weight is 550 g/mol. The van der Waals surface area contributed by atoms with Gasteiger partial charge in [-0.1, -0.05) is 0 Å². The van der Waals surface area contributed by atoms with E-state index in [0.29, 0.717) is 79.6 Å². The van der Waals surface area contributed by atoms with E-state index in [0.717, 1.165) is 18.4 Å². The smallest absolute Gasteiger partial charge is 0.257 e. The summed E-state index contributed by atoms with van der Waals surface area (Å²) in [6.07, 6.45) is 3.52. The molecule has 1 aromatic heterocycles. The third-order valence-corrected chi connectivity index (χ3v) is 6.89. The Kier molecular flexibility index (Phi) is 8.94. The summed E-state index contributed by atoms with van der Waals surface area (Å²) in [5.74, 6) is 1.42. The molecule has 3 N–H and O–H groups in total. The van der Waals surface area contributed by atoms with Crippen molar-refractivity contribution >= 4 is 23.2 Å². The standard InChI is InChI=1S/C29H35N5O6/c1-36-13-14-39-22-17-34(18-22)28(35)23-5-4-20(16-27(23)37-2)32-29-31-10-7-25(33-29)19-3-6-26(24(30)15-19)40-21-8-11-38-12-9-21/h3-7,10,15-16,21-22H,8-9,11-14,17-18,30H2,1-2H3,(H,31,32,33). The molecular weight excluding hydrogens is 514 g/mol. The number of benzene rings is 2. The first-order valence-electron chi connectivity index (χ1n) is 13.4. The monoisotopic (exact) mass is 549 g/mol. The summed E-state index contributed by atoms with van der Waals surface area (Å²) in [6.45, 7) is 3.53. The third kappa shape index (κ3) is 6.61. The molecule has 2 aromatic carbocycles. The first-order chi connectivity index (χ1) is 19.5. The minimum absolute atomic E-state index is 0.0292. The highest BCUT2D eigenvalue weighted by Gasteiger charge is 2.33. The Morgan fingerprint density at radius 3 is 2.62 bits per heavy atom. The van der Waals surface area contributed by atoms with Gasteiger partial charge in [-0.05, 0) is 36.4 Å². The molecule has 11 heteroatoms. The van der Waals surface area contributed by atoms with Gasteiger partial charge in [0.05, 0.1) is 56.6 Å². The van der Waals surface area contributed by atoms with E-state index < -0.39 is 0 Å². The zero-order valence-corrected chi connectivity index (χ0v) is 22.8. The number of hydrogen-bond donors (Lipinski definition) is 2. The second-order valence-corrected chi connectivity index (χ2v) is 9.68. The van der Waals surface area contributed by atoms with Gasteiger partial charge in [-0.2, -0.15) is 0 Å². The van der Waals surface area contributed by atoms with Crippen LogP contribution in [-0.2, 0) is 14.2 Å². The predicted octanol–water partition coefficient (Wildman–Crippen LogP) is 3.52. The number of anilines is 3. The summed E-state index contributed by atoms with van der Waals surface area (Å²) in [7, 11) is 3.17. The van der Waals surface area contributed by atoms with Gasteiger partial charge in [-0.25, -0.2) is 9.97 Å². The van der Waals surface area contributed by atoms with Crippen molar-refractivity contribution < 1.29 is 28.5 Å². The molecule has 0 unspecified atom stereocenters. The predicted molar refractivity (Wildman–Crippen MR) is 150 cm³/mol. The quantitative estimate of drug-likeness (QED) is 0.271. The maximum Gasteiger partial charge on any atom is 0.257 e. The van der Waals surface area contributed by atoms with Gasteiger partial charge in [0.2, 0.25) is 5.95 Å². The second-order valence-electron chi connectivity index (χ2n) is 9.68. The first-order valence-corrected chi connectivity index (χ1v) is 13.4. The zero-order valence-electron chi connectivity index (χ0n) is 22.8. The summed E-state index contributed by atoms with van der Waals surface area (Å²) < 4.78 is 27.7. The van der Waals surface area contributed by atoms with Crippen molar-refractivity contribution in [2.45, 2.75) is 25.0 Å². The molecule has 11 nitrogen and oxygen atoms in total. The Morgan fingerprint density at radius 2 is 1.88 bits per heavy atom. The van der Waals surface area contributed by atoms with Crippen LogP contribution in [0.2, 0.25) is 0 Å². The van der Waals surface area contributed by atoms with Crippen molar-refractivity contribution in [1.82, 2.24) is 14.9 Å². The van der Waals surface area contributed by atoms with Gasteiger partial charge in [0, 0.05) is 56.6 Å². The van der Waals surface area contributed by atoms with Gasteiger partial charge in [0.1, 0.15) is 17.6 Å². The molecule has 5 rings (SSSR count). The van der Waals surface area contributed by atoms with Gasteiger partial charge in [-0.3, -0.25) is 4.79 Å². The van der Waals surface area contributed by atoms with Gasteiger partial charge < -0.3 is 39.6 Å². The number of aromatic nitrogens is 2. The second kappa shape index (κ2) is 12.9. The van der Waals surface area contributed by atoms with E-state index in [-0.39, 0.29) is 18.1 Å². The minimum atomic E-state index is -0.102. The molecule has 212 valence electrons. The lowest BCUT2D eigenvalue weighted by Gasteiger charge is -2.39. The lowest BCUT2D eigenvalue weighted by molar-refractivity contribution is -0.0555. The van der Waals surface area contributed by atoms with Crippen LogP contribution in [0.4, 0.5) is 17.3 Å². The van der Waals surface area contributed by atoms with E-state index >= 15 is 0 Å². The highest BCUT2D eigenvalue weighted by atomic mass is 16.5. The molecule has 40 heavy (non-hydrogen) atoms. The van der Waals surface area contributed by atoms with Crippen molar-refractivity contribution in [3.05, 3.63) is 54.2 Å². The van der Waals surface area contributed by atoms with Crippen LogP contribution in [-0.4, -0.2) is 86.7 Å². The summed E-state index contributed by atoms with van der Waals surface area (Å²) in [6, 6.07) is 12.8. The highest BCUT2D eigenvalue weighted by Crippen LogP contribution is 2.31. The normalized spacial score (nSPS) is 15.9. The Hall–Kier alpha value is -3.93. The van der Waals surface area contributed by atoms with E-state index in [9.17, 15) is 4.79 Å². The van der Waals surface area contributed by atoms with Crippen molar-refractivity contribution in [1.29, 1.82) is 0 Å². The van der Waals surface area contributed by atoms with Crippen LogP contribution in [0.25, 0.3) is 11.3 Å². The molecule has 0 aliphatic carbocycles. The van der Waals surface area contributed by atoms with Crippen LogP contribution in [0.5, 0.6) is 11.5 Å². The SMILES string of the molecule is COCCOC1CN(C(=O)c2ccc(Nc3nccc(-c4ccc(OC5CCOCC5)c(N)c4)n3)cc2OC)C1. The van der Waals surface area contributed by atoms with Crippen molar-refractivity contribution in [2.75, 3.05) is 64.8 Å². The molecular formula is C29H35N5O6. The Morgan fingerprint density at radius 1 is 1.05 bits per heavy atom. The fourth-order valence-electron chi connectivity index (χ4n) is 4.62. The van der Waals surface area contributed by atoms with Crippen molar-refractivity contribution in [2.24, 2.45) is 0 Å². The number of methoxy groups -OCH3 is 2. The number of carbonyl (C=O) groups is 1. The Bertz CT molecular complexity index is 1310. The fraction of sp³-hybridized carbons (Fsp3) is 0.414. The number of likely N-dealkylation sites (tertiary alicyclic amines) is 1. The van der Waals surface area contributed by atoms with E-state index in [1.165, 1.54) is 0 Å². The van der Waals surface area contributed by atoms with Crippen LogP contribution >= 0.6 is 0 Å². The number of amides is 1. The molecule has 3 heterocycles. The summed E-state index contributed by atoms with van der Waals surface area (Å²) >= 11 is 0. The Balaban J connectivity index is 1.23. The lowest BCUT2D eigenvalue weighted by atomic mass is 10.1. The van der Waals surface area contributed by atoms with Crippen molar-refractivity contribution in [3.8, 4) is 22.8 Å². The van der Waals surface area contributed by atoms with Crippen molar-refractivity contribution in [3.63, 3.8) is 0 Å². The van der Waals surface area contributed by atoms with Gasteiger partial charge in [0.25, 0.3) is 5.91 Å². The third-order valence-electron chi connectivity index (χ3n) is 6.89. The largest absolute Gasteiger partial charge is 0.496 e. The molecule has 2 fully saturated rings. The fourth-order valence-corrected chi connectivity index (χ4v) is 4.62. The molecule has 2 saturated heterocycles. The number of nitrogens with one attached hydrogen (secondary N) is 1. The van der Waals surface area contributed by atoms with Gasteiger partial charge in [0.15, 0.2) is 0 Å². The number of ether oxygens (including phenoxy) is 5. The van der Waals surface area contributed by atoms with Crippen LogP contribution in [0.3, 0.4) is 0 Å². The molecule has 0 radical (unpaired) electrons. The summed E-state index contributed by atoms with van der Waals surface area (Å²) in [4.78, 5) is 23.8. The molecule has 2 aliphatic rings. The zero-order chi connectivity index (χ0) is 27.9. The van der Waals surface area contributed by atoms with Crippen LogP contribution in [0, 0.1) is 0 Å². The number of carbonyl (C=O) groups excluding carboxylic acids is 1.